The summed E-state index contributed by atoms with van der Waals surface area (Å²) in [7, 11) is 0. The van der Waals surface area contributed by atoms with E-state index in [1.54, 1.807) is 0 Å². The molecular formula is C40H51N3O. The van der Waals surface area contributed by atoms with E-state index in [0.29, 0.717) is 0 Å². The first-order valence-electron chi connectivity index (χ1n) is 17.4. The second-order valence-corrected chi connectivity index (χ2v) is 13.0. The van der Waals surface area contributed by atoms with E-state index in [1.807, 2.05) is 0 Å². The van der Waals surface area contributed by atoms with Gasteiger partial charge in [0.25, 0.3) is 0 Å². The zero-order chi connectivity index (χ0) is 30.1. The molecule has 0 bridgehead atoms. The summed E-state index contributed by atoms with van der Waals surface area (Å²) in [6, 6.07) is 29.1. The number of imidazole rings is 1. The van der Waals surface area contributed by atoms with Crippen LogP contribution in [0.1, 0.15) is 101 Å². The van der Waals surface area contributed by atoms with Gasteiger partial charge in [-0.15, -0.1) is 0 Å². The lowest BCUT2D eigenvalue weighted by Gasteiger charge is -2.37. The Balaban J connectivity index is 1.50. The molecule has 1 aliphatic carbocycles. The van der Waals surface area contributed by atoms with Crippen LogP contribution in [0.5, 0.6) is 5.75 Å². The van der Waals surface area contributed by atoms with Crippen LogP contribution in [0.3, 0.4) is 0 Å². The fourth-order valence-electron chi connectivity index (χ4n) is 7.40. The number of benzene rings is 3. The number of aromatic nitrogens is 2. The molecule has 0 radical (unpaired) electrons. The average molecular weight is 590 g/mol. The number of unbranched alkanes of at least 4 members (excludes halogenated alkanes) is 2. The molecule has 232 valence electrons. The van der Waals surface area contributed by atoms with Gasteiger partial charge >= 0.3 is 0 Å². The third-order valence-corrected chi connectivity index (χ3v) is 9.77. The summed E-state index contributed by atoms with van der Waals surface area (Å²) in [6.07, 6.45) is 13.7. The van der Waals surface area contributed by atoms with Gasteiger partial charge in [0, 0.05) is 37.2 Å². The molecule has 0 N–H and O–H groups in total. The second kappa shape index (κ2) is 15.1. The van der Waals surface area contributed by atoms with Crippen LogP contribution in [-0.4, -0.2) is 27.6 Å². The van der Waals surface area contributed by atoms with Gasteiger partial charge in [0.05, 0.1) is 24.0 Å². The SMILES string of the molecule is CCCCC(c1c(-c2ccccc2)nc(-c2ccccc2)n1CCCC)N(Cc1ccc2c(c1)OCC2)CC1CCCCC1. The normalized spacial score (nSPS) is 15.8. The van der Waals surface area contributed by atoms with E-state index in [9.17, 15) is 0 Å². The highest BCUT2D eigenvalue weighted by Crippen LogP contribution is 2.40. The van der Waals surface area contributed by atoms with Crippen molar-refractivity contribution in [2.75, 3.05) is 13.2 Å². The van der Waals surface area contributed by atoms with E-state index in [4.69, 9.17) is 9.72 Å². The molecule has 1 atom stereocenters. The van der Waals surface area contributed by atoms with Crippen LogP contribution in [0.4, 0.5) is 0 Å². The minimum absolute atomic E-state index is 0.281. The molecule has 4 nitrogen and oxygen atoms in total. The minimum Gasteiger partial charge on any atom is -0.493 e. The first kappa shape index (κ1) is 30.6. The number of fused-ring (bicyclic) bond motifs is 1. The van der Waals surface area contributed by atoms with Crippen LogP contribution < -0.4 is 4.74 Å². The van der Waals surface area contributed by atoms with Crippen LogP contribution in [0, 0.1) is 5.92 Å². The molecule has 1 saturated carbocycles. The first-order chi connectivity index (χ1) is 21.7. The summed E-state index contributed by atoms with van der Waals surface area (Å²) in [6.45, 7) is 8.51. The number of hydrogen-bond donors (Lipinski definition) is 0. The quantitative estimate of drug-likeness (QED) is 0.147. The van der Waals surface area contributed by atoms with E-state index < -0.39 is 0 Å². The zero-order valence-electron chi connectivity index (χ0n) is 27.0. The summed E-state index contributed by atoms with van der Waals surface area (Å²) >= 11 is 0. The summed E-state index contributed by atoms with van der Waals surface area (Å²) in [4.78, 5) is 8.38. The lowest BCUT2D eigenvalue weighted by Crippen LogP contribution is -2.35. The standard InChI is InChI=1S/C40H51N3O/c1-3-5-22-36(42(29-31-16-10-7-11-17-31)30-32-23-24-33-25-27-44-37(33)28-32)39-38(34-18-12-8-13-19-34)41-40(43(39)26-6-4-2)35-20-14-9-15-21-35/h8-9,12-15,18-21,23-24,28,31,36H,3-7,10-11,16-17,22,25-27,29-30H2,1-2H3. The number of hydrogen-bond acceptors (Lipinski definition) is 3. The fourth-order valence-corrected chi connectivity index (χ4v) is 7.40. The van der Waals surface area contributed by atoms with Crippen LogP contribution >= 0.6 is 0 Å². The first-order valence-corrected chi connectivity index (χ1v) is 17.4. The predicted octanol–water partition coefficient (Wildman–Crippen LogP) is 10.3. The van der Waals surface area contributed by atoms with Gasteiger partial charge in [-0.2, -0.15) is 0 Å². The van der Waals surface area contributed by atoms with E-state index in [2.05, 4.69) is 102 Å². The molecule has 0 saturated heterocycles. The van der Waals surface area contributed by atoms with E-state index in [1.165, 1.54) is 72.9 Å². The minimum atomic E-state index is 0.281. The molecule has 3 aromatic carbocycles. The van der Waals surface area contributed by atoms with Gasteiger partial charge in [0.1, 0.15) is 11.6 Å². The monoisotopic (exact) mass is 589 g/mol. The van der Waals surface area contributed by atoms with E-state index in [-0.39, 0.29) is 6.04 Å². The molecule has 1 aliphatic heterocycles. The molecule has 0 spiro atoms. The number of nitrogens with zero attached hydrogens (tertiary/aromatic N) is 3. The molecule has 2 aliphatic rings. The molecule has 6 rings (SSSR count). The number of rotatable bonds is 14. The lowest BCUT2D eigenvalue weighted by atomic mass is 9.87. The third-order valence-electron chi connectivity index (χ3n) is 9.77. The van der Waals surface area contributed by atoms with Crippen LogP contribution in [0.25, 0.3) is 22.6 Å². The van der Waals surface area contributed by atoms with Gasteiger partial charge in [-0.3, -0.25) is 4.90 Å². The van der Waals surface area contributed by atoms with Crippen molar-refractivity contribution in [2.45, 2.75) is 104 Å². The largest absolute Gasteiger partial charge is 0.493 e. The van der Waals surface area contributed by atoms with Crippen molar-refractivity contribution in [3.63, 3.8) is 0 Å². The Bertz CT molecular complexity index is 1450. The summed E-state index contributed by atoms with van der Waals surface area (Å²) in [5.74, 6) is 2.95. The Morgan fingerprint density at radius 2 is 1.59 bits per heavy atom. The summed E-state index contributed by atoms with van der Waals surface area (Å²) in [5.41, 5.74) is 7.72. The fraction of sp³-hybridized carbons (Fsp3) is 0.475. The highest BCUT2D eigenvalue weighted by Gasteiger charge is 2.32. The topological polar surface area (TPSA) is 30.3 Å². The molecule has 0 amide bonds. The van der Waals surface area contributed by atoms with Gasteiger partial charge < -0.3 is 9.30 Å². The third kappa shape index (κ3) is 7.12. The van der Waals surface area contributed by atoms with Crippen molar-refractivity contribution < 1.29 is 4.74 Å². The smallest absolute Gasteiger partial charge is 0.140 e. The maximum absolute atomic E-state index is 6.04. The Labute approximate surface area is 265 Å². The van der Waals surface area contributed by atoms with Crippen molar-refractivity contribution in [1.29, 1.82) is 0 Å². The van der Waals surface area contributed by atoms with Gasteiger partial charge in [-0.05, 0) is 48.8 Å². The van der Waals surface area contributed by atoms with Crippen LogP contribution in [0.15, 0.2) is 78.9 Å². The Morgan fingerprint density at radius 1 is 0.864 bits per heavy atom. The molecule has 2 heterocycles. The molecule has 44 heavy (non-hydrogen) atoms. The van der Waals surface area contributed by atoms with Gasteiger partial charge in [0.15, 0.2) is 0 Å². The van der Waals surface area contributed by atoms with Gasteiger partial charge in [-0.1, -0.05) is 125 Å². The Morgan fingerprint density at radius 3 is 2.32 bits per heavy atom. The van der Waals surface area contributed by atoms with Crippen LogP contribution in [-0.2, 0) is 19.5 Å². The molecule has 4 aromatic rings. The average Bonchev–Trinajstić information content (AvgIpc) is 3.70. The maximum atomic E-state index is 6.04. The summed E-state index contributed by atoms with van der Waals surface area (Å²) in [5, 5.41) is 0. The highest BCUT2D eigenvalue weighted by atomic mass is 16.5. The van der Waals surface area contributed by atoms with Crippen molar-refractivity contribution >= 4 is 0 Å². The lowest BCUT2D eigenvalue weighted by molar-refractivity contribution is 0.127. The maximum Gasteiger partial charge on any atom is 0.140 e. The Hall–Kier alpha value is -3.37. The molecule has 1 unspecified atom stereocenters. The molecule has 1 fully saturated rings. The molecular weight excluding hydrogens is 538 g/mol. The Kier molecular flexibility index (Phi) is 10.5. The zero-order valence-corrected chi connectivity index (χ0v) is 27.0. The predicted molar refractivity (Wildman–Crippen MR) is 183 cm³/mol. The highest BCUT2D eigenvalue weighted by molar-refractivity contribution is 5.69. The van der Waals surface area contributed by atoms with E-state index >= 15 is 0 Å². The second-order valence-electron chi connectivity index (χ2n) is 13.0. The van der Waals surface area contributed by atoms with Crippen LogP contribution in [0.2, 0.25) is 0 Å². The van der Waals surface area contributed by atoms with Gasteiger partial charge in [-0.25, -0.2) is 4.98 Å². The van der Waals surface area contributed by atoms with Crippen molar-refractivity contribution in [3.8, 4) is 28.4 Å². The van der Waals surface area contributed by atoms with Gasteiger partial charge in [0.2, 0.25) is 0 Å². The summed E-state index contributed by atoms with van der Waals surface area (Å²) < 4.78 is 8.65. The van der Waals surface area contributed by atoms with E-state index in [0.717, 1.165) is 75.1 Å². The van der Waals surface area contributed by atoms with Crippen molar-refractivity contribution in [3.05, 3.63) is 95.7 Å². The number of ether oxygens (including phenoxy) is 1. The van der Waals surface area contributed by atoms with Crippen molar-refractivity contribution in [2.24, 2.45) is 5.92 Å². The molecule has 1 aromatic heterocycles. The van der Waals surface area contributed by atoms with Crippen molar-refractivity contribution in [1.82, 2.24) is 14.5 Å². The molecule has 4 heteroatoms.